The van der Waals surface area contributed by atoms with Crippen LogP contribution in [0.3, 0.4) is 0 Å². The maximum absolute atomic E-state index is 13.0. The lowest BCUT2D eigenvalue weighted by molar-refractivity contribution is -0.156. The van der Waals surface area contributed by atoms with Crippen molar-refractivity contribution in [2.45, 2.75) is 11.7 Å². The van der Waals surface area contributed by atoms with Crippen LogP contribution in [0, 0.1) is 0 Å². The van der Waals surface area contributed by atoms with Crippen molar-refractivity contribution < 1.29 is 42.8 Å². The van der Waals surface area contributed by atoms with Crippen LogP contribution in [0.2, 0.25) is 0 Å². The highest BCUT2D eigenvalue weighted by Crippen LogP contribution is 2.42. The van der Waals surface area contributed by atoms with Crippen LogP contribution >= 0.6 is 0 Å². The van der Waals surface area contributed by atoms with Crippen molar-refractivity contribution >= 4 is 17.8 Å². The summed E-state index contributed by atoms with van der Waals surface area (Å²) >= 11 is 0. The Bertz CT molecular complexity index is 1520. The van der Waals surface area contributed by atoms with Crippen molar-refractivity contribution in [2.75, 3.05) is 48.2 Å². The van der Waals surface area contributed by atoms with Crippen LogP contribution < -0.4 is 14.2 Å². The predicted octanol–water partition coefficient (Wildman–Crippen LogP) is 4.88. The van der Waals surface area contributed by atoms with Crippen LogP contribution in [-0.2, 0) is 24.6 Å². The number of carbonyl (C=O) groups is 3. The van der Waals surface area contributed by atoms with Gasteiger partial charge in [0.1, 0.15) is 22.8 Å². The van der Waals surface area contributed by atoms with E-state index in [0.29, 0.717) is 17.2 Å². The van der Waals surface area contributed by atoms with E-state index in [-0.39, 0.29) is 30.9 Å². The molecule has 10 nitrogen and oxygen atoms in total. The zero-order valence-corrected chi connectivity index (χ0v) is 26.1. The number of nitrogens with zero attached hydrogens (tertiary/aromatic N) is 1. The molecule has 4 aromatic rings. The van der Waals surface area contributed by atoms with Crippen molar-refractivity contribution in [2.24, 2.45) is 0 Å². The van der Waals surface area contributed by atoms with Gasteiger partial charge < -0.3 is 28.4 Å². The minimum atomic E-state index is -1.23. The largest absolute Gasteiger partial charge is 0.497 e. The summed E-state index contributed by atoms with van der Waals surface area (Å²) in [7, 11) is 6.02. The summed E-state index contributed by atoms with van der Waals surface area (Å²) < 4.78 is 33.9. The molecule has 1 unspecified atom stereocenters. The van der Waals surface area contributed by atoms with Crippen LogP contribution in [0.4, 0.5) is 0 Å². The summed E-state index contributed by atoms with van der Waals surface area (Å²) in [6.45, 7) is -0.355. The van der Waals surface area contributed by atoms with Crippen LogP contribution in [-0.4, -0.2) is 77.0 Å². The molecule has 1 aliphatic rings. The molecular weight excluding hydrogens is 590 g/mol. The average Bonchev–Trinajstić information content (AvgIpc) is 3.35. The molecule has 1 atom stereocenters. The van der Waals surface area contributed by atoms with E-state index >= 15 is 0 Å². The number of esters is 1. The van der Waals surface area contributed by atoms with Gasteiger partial charge in [0.2, 0.25) is 0 Å². The summed E-state index contributed by atoms with van der Waals surface area (Å²) in [6.07, 6.45) is -1.23. The quantitative estimate of drug-likeness (QED) is 0.0839. The first-order valence-electron chi connectivity index (χ1n) is 14.6. The molecule has 0 bridgehead atoms. The van der Waals surface area contributed by atoms with Crippen LogP contribution in [0.1, 0.15) is 37.4 Å². The lowest BCUT2D eigenvalue weighted by Crippen LogP contribution is -2.43. The molecule has 0 N–H and O–H groups in total. The third-order valence-corrected chi connectivity index (χ3v) is 7.90. The molecule has 1 aliphatic heterocycles. The van der Waals surface area contributed by atoms with Gasteiger partial charge in [-0.2, -0.15) is 0 Å². The molecule has 0 saturated carbocycles. The van der Waals surface area contributed by atoms with Crippen molar-refractivity contribution in [1.82, 2.24) is 4.90 Å². The second kappa shape index (κ2) is 14.3. The highest BCUT2D eigenvalue weighted by molar-refractivity contribution is 6.21. The fourth-order valence-corrected chi connectivity index (χ4v) is 5.51. The third kappa shape index (κ3) is 6.30. The fraction of sp³-hybridized carbons (Fsp3) is 0.250. The number of rotatable bonds is 14. The molecule has 0 fully saturated rings. The van der Waals surface area contributed by atoms with Crippen LogP contribution in [0.5, 0.6) is 17.2 Å². The molecule has 1 heterocycles. The number of hydrogen-bond acceptors (Lipinski definition) is 9. The summed E-state index contributed by atoms with van der Waals surface area (Å²) in [6, 6.07) is 29.2. The molecule has 238 valence electrons. The normalized spacial score (nSPS) is 13.3. The van der Waals surface area contributed by atoms with Gasteiger partial charge in [-0.3, -0.25) is 14.5 Å². The Morgan fingerprint density at radius 3 is 1.41 bits per heavy atom. The van der Waals surface area contributed by atoms with Gasteiger partial charge in [0.25, 0.3) is 11.8 Å². The molecule has 2 amide bonds. The van der Waals surface area contributed by atoms with E-state index in [9.17, 15) is 14.4 Å². The van der Waals surface area contributed by atoms with Crippen molar-refractivity contribution in [3.05, 3.63) is 125 Å². The minimum Gasteiger partial charge on any atom is -0.497 e. The molecular formula is C36H35NO9. The molecule has 0 aliphatic carbocycles. The number of amides is 2. The van der Waals surface area contributed by atoms with Crippen molar-refractivity contribution in [3.63, 3.8) is 0 Å². The lowest BCUT2D eigenvalue weighted by Gasteiger charge is -2.36. The number of fused-ring (bicyclic) bond motifs is 1. The van der Waals surface area contributed by atoms with Gasteiger partial charge >= 0.3 is 5.97 Å². The van der Waals surface area contributed by atoms with Gasteiger partial charge in [-0.1, -0.05) is 48.5 Å². The molecule has 0 aromatic heterocycles. The first kappa shape index (κ1) is 32.2. The Morgan fingerprint density at radius 2 is 1.04 bits per heavy atom. The smallest absolute Gasteiger partial charge is 0.336 e. The number of hydrogen-bond donors (Lipinski definition) is 0. The van der Waals surface area contributed by atoms with Crippen LogP contribution in [0.15, 0.2) is 97.1 Å². The Kier molecular flexibility index (Phi) is 10.00. The Balaban J connectivity index is 1.44. The minimum absolute atomic E-state index is 0.0136. The third-order valence-electron chi connectivity index (χ3n) is 7.90. The van der Waals surface area contributed by atoms with E-state index in [4.69, 9.17) is 28.4 Å². The molecule has 0 saturated heterocycles. The zero-order valence-electron chi connectivity index (χ0n) is 26.1. The Labute approximate surface area is 267 Å². The number of carbonyl (C=O) groups excluding carboxylic acids is 3. The molecule has 0 radical (unpaired) electrons. The topological polar surface area (TPSA) is 110 Å². The second-order valence-electron chi connectivity index (χ2n) is 10.4. The van der Waals surface area contributed by atoms with Crippen molar-refractivity contribution in [3.8, 4) is 17.2 Å². The summed E-state index contributed by atoms with van der Waals surface area (Å²) in [5.41, 5.74) is 1.83. The number of benzene rings is 4. The van der Waals surface area contributed by atoms with Gasteiger partial charge in [0.15, 0.2) is 6.10 Å². The summed E-state index contributed by atoms with van der Waals surface area (Å²) in [5.74, 6) is 0.334. The molecule has 10 heteroatoms. The van der Waals surface area contributed by atoms with E-state index in [1.165, 1.54) is 7.11 Å². The summed E-state index contributed by atoms with van der Waals surface area (Å²) in [5, 5.41) is 0. The molecule has 0 spiro atoms. The van der Waals surface area contributed by atoms with Crippen LogP contribution in [0.25, 0.3) is 0 Å². The van der Waals surface area contributed by atoms with E-state index in [1.54, 1.807) is 45.6 Å². The Morgan fingerprint density at radius 1 is 0.630 bits per heavy atom. The maximum Gasteiger partial charge on any atom is 0.336 e. The van der Waals surface area contributed by atoms with Gasteiger partial charge in [0.05, 0.1) is 59.3 Å². The van der Waals surface area contributed by atoms with E-state index in [2.05, 4.69) is 0 Å². The lowest BCUT2D eigenvalue weighted by atomic mass is 9.80. The fourth-order valence-electron chi connectivity index (χ4n) is 5.51. The van der Waals surface area contributed by atoms with E-state index < -0.39 is 29.5 Å². The first-order chi connectivity index (χ1) is 22.4. The summed E-state index contributed by atoms with van der Waals surface area (Å²) in [4.78, 5) is 39.7. The molecule has 46 heavy (non-hydrogen) atoms. The highest BCUT2D eigenvalue weighted by Gasteiger charge is 2.40. The maximum atomic E-state index is 13.0. The Hall–Kier alpha value is -5.19. The highest BCUT2D eigenvalue weighted by atomic mass is 16.6. The standard InChI is InChI=1S/C36H35NO9/c1-41-27-15-9-24(10-16-27)36(25-11-17-28(42-2)18-12-25,26-13-19-29(43-3)20-14-26)46-22-21-45-32(35(40)44-4)23-37-33(38)30-7-5-6-8-31(30)34(37)39/h5-20,32H,21-23H2,1-4H3. The van der Waals surface area contributed by atoms with Gasteiger partial charge in [-0.25, -0.2) is 4.79 Å². The second-order valence-corrected chi connectivity index (χ2v) is 10.4. The molecule has 4 aromatic carbocycles. The number of imide groups is 1. The number of methoxy groups -OCH3 is 4. The SMILES string of the molecule is COC(=O)C(CN1C(=O)c2ccccc2C1=O)OCCOC(c1ccc(OC)cc1)(c1ccc(OC)cc1)c1ccc(OC)cc1. The van der Waals surface area contributed by atoms with Gasteiger partial charge in [-0.15, -0.1) is 0 Å². The van der Waals surface area contributed by atoms with E-state index in [0.717, 1.165) is 21.6 Å². The average molecular weight is 626 g/mol. The predicted molar refractivity (Wildman–Crippen MR) is 168 cm³/mol. The monoisotopic (exact) mass is 625 g/mol. The number of ether oxygens (including phenoxy) is 6. The van der Waals surface area contributed by atoms with Gasteiger partial charge in [0, 0.05) is 0 Å². The van der Waals surface area contributed by atoms with Crippen molar-refractivity contribution in [1.29, 1.82) is 0 Å². The zero-order chi connectivity index (χ0) is 32.7. The van der Waals surface area contributed by atoms with Gasteiger partial charge in [-0.05, 0) is 65.2 Å². The van der Waals surface area contributed by atoms with E-state index in [1.807, 2.05) is 72.8 Å². The molecule has 5 rings (SSSR count). The first-order valence-corrected chi connectivity index (χ1v) is 14.6.